The lowest BCUT2D eigenvalue weighted by Crippen LogP contribution is -2.15. The molecule has 0 spiro atoms. The van der Waals surface area contributed by atoms with Gasteiger partial charge in [0.2, 0.25) is 0 Å². The summed E-state index contributed by atoms with van der Waals surface area (Å²) in [7, 11) is 0. The second-order valence-corrected chi connectivity index (χ2v) is 3.92. The zero-order valence-electron chi connectivity index (χ0n) is 10.1. The number of carbonyl (C=O) groups excluding carboxylic acids is 1. The largest absolute Gasteiger partial charge is 0.306 e. The zero-order chi connectivity index (χ0) is 14.9. The number of benzene rings is 1. The molecule has 0 saturated carbocycles. The molecule has 0 unspecified atom stereocenters. The Balaban J connectivity index is 2.41. The Bertz CT molecular complexity index is 699. The molecule has 9 heteroatoms. The van der Waals surface area contributed by atoms with Gasteiger partial charge in [-0.1, -0.05) is 0 Å². The zero-order valence-corrected chi connectivity index (χ0v) is 10.1. The van der Waals surface area contributed by atoms with E-state index in [1.54, 1.807) is 6.92 Å². The number of aromatic amines is 1. The number of anilines is 1. The van der Waals surface area contributed by atoms with Gasteiger partial charge in [-0.25, -0.2) is 8.78 Å². The Kier molecular flexibility index (Phi) is 3.42. The van der Waals surface area contributed by atoms with E-state index in [9.17, 15) is 23.7 Å². The summed E-state index contributed by atoms with van der Waals surface area (Å²) >= 11 is 0. The number of nitrogens with zero attached hydrogens (tertiary/aromatic N) is 2. The Morgan fingerprint density at radius 1 is 1.40 bits per heavy atom. The highest BCUT2D eigenvalue weighted by Gasteiger charge is 2.24. The van der Waals surface area contributed by atoms with Crippen LogP contribution in [0.2, 0.25) is 0 Å². The van der Waals surface area contributed by atoms with E-state index < -0.39 is 33.7 Å². The summed E-state index contributed by atoms with van der Waals surface area (Å²) < 4.78 is 26.1. The van der Waals surface area contributed by atoms with Crippen LogP contribution in [0.25, 0.3) is 0 Å². The van der Waals surface area contributed by atoms with Crippen LogP contribution in [0.3, 0.4) is 0 Å². The number of nitro benzene ring substituents is 1. The fourth-order valence-electron chi connectivity index (χ4n) is 1.52. The molecule has 7 nitrogen and oxygen atoms in total. The van der Waals surface area contributed by atoms with Gasteiger partial charge in [0.05, 0.1) is 17.2 Å². The van der Waals surface area contributed by atoms with Gasteiger partial charge in [-0.2, -0.15) is 5.10 Å². The summed E-state index contributed by atoms with van der Waals surface area (Å²) in [4.78, 5) is 21.7. The highest BCUT2D eigenvalue weighted by Crippen LogP contribution is 2.23. The lowest BCUT2D eigenvalue weighted by Gasteiger charge is -2.05. The van der Waals surface area contributed by atoms with E-state index in [1.807, 2.05) is 0 Å². The molecule has 20 heavy (non-hydrogen) atoms. The highest BCUT2D eigenvalue weighted by atomic mass is 19.2. The van der Waals surface area contributed by atoms with Gasteiger partial charge in [-0.15, -0.1) is 0 Å². The Hall–Kier alpha value is -2.84. The quantitative estimate of drug-likeness (QED) is 0.665. The number of halogens is 2. The number of nitrogens with one attached hydrogen (secondary N) is 2. The van der Waals surface area contributed by atoms with Crippen LogP contribution >= 0.6 is 0 Å². The summed E-state index contributed by atoms with van der Waals surface area (Å²) in [5.41, 5.74) is -0.815. The SMILES string of the molecule is Cc1cn[nH]c1NC(=O)c1cc(F)c(F)cc1[N+](=O)[O-]. The van der Waals surface area contributed by atoms with Crippen molar-refractivity contribution in [3.05, 3.63) is 51.2 Å². The number of nitro groups is 1. The van der Waals surface area contributed by atoms with Crippen LogP contribution in [-0.4, -0.2) is 21.0 Å². The first-order chi connectivity index (χ1) is 9.40. The first kappa shape index (κ1) is 13.6. The molecular weight excluding hydrogens is 274 g/mol. The summed E-state index contributed by atoms with van der Waals surface area (Å²) in [5.74, 6) is -3.47. The number of aromatic nitrogens is 2. The number of rotatable bonds is 3. The number of carbonyl (C=O) groups is 1. The maximum atomic E-state index is 13.1. The molecule has 1 amide bonds. The third-order valence-electron chi connectivity index (χ3n) is 2.55. The second kappa shape index (κ2) is 5.03. The van der Waals surface area contributed by atoms with Crippen molar-refractivity contribution in [3.8, 4) is 0 Å². The minimum absolute atomic E-state index is 0.217. The number of hydrogen-bond acceptors (Lipinski definition) is 4. The summed E-state index contributed by atoms with van der Waals surface area (Å²) in [6.07, 6.45) is 1.43. The van der Waals surface area contributed by atoms with Crippen molar-refractivity contribution in [2.24, 2.45) is 0 Å². The standard InChI is InChI=1S/C11H8F2N4O3/c1-5-4-14-16-10(5)15-11(18)6-2-7(12)8(13)3-9(6)17(19)20/h2-4H,1H3,(H2,14,15,16,18). The topological polar surface area (TPSA) is 101 Å². The first-order valence-electron chi connectivity index (χ1n) is 5.35. The molecule has 0 atom stereocenters. The van der Waals surface area contributed by atoms with Crippen molar-refractivity contribution in [3.63, 3.8) is 0 Å². The Morgan fingerprint density at radius 3 is 2.60 bits per heavy atom. The summed E-state index contributed by atoms with van der Waals surface area (Å²) in [5, 5.41) is 19.2. The van der Waals surface area contributed by atoms with E-state index in [1.165, 1.54) is 6.20 Å². The van der Waals surface area contributed by atoms with Gasteiger partial charge in [0.1, 0.15) is 11.4 Å². The molecular formula is C11H8F2N4O3. The third-order valence-corrected chi connectivity index (χ3v) is 2.55. The number of H-pyrrole nitrogens is 1. The van der Waals surface area contributed by atoms with Gasteiger partial charge >= 0.3 is 0 Å². The van der Waals surface area contributed by atoms with E-state index in [2.05, 4.69) is 15.5 Å². The van der Waals surface area contributed by atoms with Crippen LogP contribution in [0.5, 0.6) is 0 Å². The van der Waals surface area contributed by atoms with Crippen LogP contribution in [0.4, 0.5) is 20.3 Å². The highest BCUT2D eigenvalue weighted by molar-refractivity contribution is 6.06. The van der Waals surface area contributed by atoms with Crippen molar-refractivity contribution in [2.45, 2.75) is 6.92 Å². The Morgan fingerprint density at radius 2 is 2.05 bits per heavy atom. The lowest BCUT2D eigenvalue weighted by molar-refractivity contribution is -0.385. The Labute approximate surface area is 110 Å². The van der Waals surface area contributed by atoms with Crippen LogP contribution in [0.1, 0.15) is 15.9 Å². The normalized spacial score (nSPS) is 10.3. The van der Waals surface area contributed by atoms with E-state index in [-0.39, 0.29) is 5.82 Å². The van der Waals surface area contributed by atoms with Gasteiger partial charge in [0, 0.05) is 5.56 Å². The monoisotopic (exact) mass is 282 g/mol. The molecule has 2 rings (SSSR count). The molecule has 1 aromatic heterocycles. The summed E-state index contributed by atoms with van der Waals surface area (Å²) in [6, 6.07) is 0.846. The maximum Gasteiger partial charge on any atom is 0.285 e. The molecule has 0 fully saturated rings. The fraction of sp³-hybridized carbons (Fsp3) is 0.0909. The van der Waals surface area contributed by atoms with Crippen LogP contribution in [0, 0.1) is 28.7 Å². The summed E-state index contributed by atoms with van der Waals surface area (Å²) in [6.45, 7) is 1.64. The van der Waals surface area contributed by atoms with E-state index in [4.69, 9.17) is 0 Å². The fourth-order valence-corrected chi connectivity index (χ4v) is 1.52. The minimum atomic E-state index is -1.40. The van der Waals surface area contributed by atoms with E-state index in [0.717, 1.165) is 0 Å². The molecule has 1 heterocycles. The predicted molar refractivity (Wildman–Crippen MR) is 64.3 cm³/mol. The third kappa shape index (κ3) is 2.46. The molecule has 0 saturated heterocycles. The number of aryl methyl sites for hydroxylation is 1. The van der Waals surface area contributed by atoms with E-state index >= 15 is 0 Å². The molecule has 0 aliphatic heterocycles. The van der Waals surface area contributed by atoms with Crippen molar-refractivity contribution < 1.29 is 18.5 Å². The predicted octanol–water partition coefficient (Wildman–Crippen LogP) is 2.16. The lowest BCUT2D eigenvalue weighted by atomic mass is 10.1. The maximum absolute atomic E-state index is 13.1. The first-order valence-corrected chi connectivity index (χ1v) is 5.35. The van der Waals surface area contributed by atoms with Crippen LogP contribution in [-0.2, 0) is 0 Å². The van der Waals surface area contributed by atoms with Gasteiger partial charge in [0.25, 0.3) is 11.6 Å². The molecule has 1 aromatic carbocycles. The van der Waals surface area contributed by atoms with Crippen molar-refractivity contribution in [1.82, 2.24) is 10.2 Å². The van der Waals surface area contributed by atoms with Crippen molar-refractivity contribution in [2.75, 3.05) is 5.32 Å². The number of hydrogen-bond donors (Lipinski definition) is 2. The molecule has 0 aliphatic carbocycles. The van der Waals surface area contributed by atoms with Gasteiger partial charge in [0.15, 0.2) is 11.6 Å². The molecule has 2 aromatic rings. The molecule has 0 aliphatic rings. The van der Waals surface area contributed by atoms with Crippen LogP contribution in [0.15, 0.2) is 18.3 Å². The van der Waals surface area contributed by atoms with Crippen molar-refractivity contribution in [1.29, 1.82) is 0 Å². The molecule has 0 bridgehead atoms. The van der Waals surface area contributed by atoms with Crippen LogP contribution < -0.4 is 5.32 Å². The van der Waals surface area contributed by atoms with Gasteiger partial charge in [-0.05, 0) is 13.0 Å². The van der Waals surface area contributed by atoms with Crippen molar-refractivity contribution >= 4 is 17.4 Å². The van der Waals surface area contributed by atoms with Gasteiger partial charge < -0.3 is 5.32 Å². The van der Waals surface area contributed by atoms with Gasteiger partial charge in [-0.3, -0.25) is 20.0 Å². The molecule has 0 radical (unpaired) electrons. The second-order valence-electron chi connectivity index (χ2n) is 3.92. The van der Waals surface area contributed by atoms with E-state index in [0.29, 0.717) is 17.7 Å². The average molecular weight is 282 g/mol. The average Bonchev–Trinajstić information content (AvgIpc) is 2.77. The smallest absolute Gasteiger partial charge is 0.285 e. The minimum Gasteiger partial charge on any atom is -0.306 e. The molecule has 2 N–H and O–H groups in total. The number of amides is 1. The molecule has 104 valence electrons.